The van der Waals surface area contributed by atoms with Crippen LogP contribution in [0.2, 0.25) is 0 Å². The predicted octanol–water partition coefficient (Wildman–Crippen LogP) is 4.80. The van der Waals surface area contributed by atoms with Gasteiger partial charge in [0.2, 0.25) is 5.76 Å². The van der Waals surface area contributed by atoms with E-state index in [1.807, 2.05) is 0 Å². The summed E-state index contributed by atoms with van der Waals surface area (Å²) in [5.74, 6) is 0.0548. The Kier molecular flexibility index (Phi) is 4.48. The van der Waals surface area contributed by atoms with E-state index in [4.69, 9.17) is 8.83 Å². The van der Waals surface area contributed by atoms with E-state index < -0.39 is 16.9 Å². The van der Waals surface area contributed by atoms with Crippen molar-refractivity contribution in [3.63, 3.8) is 0 Å². The molecular formula is C22H13BrN2O6. The van der Waals surface area contributed by atoms with Crippen LogP contribution in [0.4, 0.5) is 5.69 Å². The molecule has 31 heavy (non-hydrogen) atoms. The molecule has 154 valence electrons. The highest BCUT2D eigenvalue weighted by molar-refractivity contribution is 9.10. The van der Waals surface area contributed by atoms with Crippen LogP contribution in [0.1, 0.15) is 33.5 Å². The number of amides is 1. The van der Waals surface area contributed by atoms with E-state index in [0.717, 1.165) is 0 Å². The van der Waals surface area contributed by atoms with Gasteiger partial charge in [-0.15, -0.1) is 0 Å². The molecule has 0 aliphatic carbocycles. The minimum Gasteiger partial charge on any atom is -0.467 e. The van der Waals surface area contributed by atoms with Gasteiger partial charge in [0.05, 0.1) is 34.7 Å². The molecule has 0 saturated carbocycles. The Morgan fingerprint density at radius 3 is 2.55 bits per heavy atom. The van der Waals surface area contributed by atoms with Gasteiger partial charge in [-0.25, -0.2) is 0 Å². The van der Waals surface area contributed by atoms with Gasteiger partial charge in [0.1, 0.15) is 11.3 Å². The summed E-state index contributed by atoms with van der Waals surface area (Å²) in [6.07, 6.45) is 1.50. The van der Waals surface area contributed by atoms with Gasteiger partial charge in [-0.3, -0.25) is 19.7 Å². The van der Waals surface area contributed by atoms with Crippen LogP contribution in [-0.2, 0) is 6.54 Å². The Bertz CT molecular complexity index is 1390. The van der Waals surface area contributed by atoms with E-state index >= 15 is 0 Å². The van der Waals surface area contributed by atoms with Crippen LogP contribution in [0.3, 0.4) is 0 Å². The van der Waals surface area contributed by atoms with Gasteiger partial charge in [-0.2, -0.15) is 0 Å². The SMILES string of the molecule is O=C1c2oc3ccc(Br)cc3c(=O)c2C(c2ccc([N+](=O)[O-])cc2)N1Cc1ccco1. The molecule has 2 aromatic heterocycles. The van der Waals surface area contributed by atoms with Crippen LogP contribution in [0.5, 0.6) is 0 Å². The van der Waals surface area contributed by atoms with Crippen molar-refractivity contribution >= 4 is 38.5 Å². The summed E-state index contributed by atoms with van der Waals surface area (Å²) in [6, 6.07) is 13.5. The second-order valence-corrected chi connectivity index (χ2v) is 7.99. The van der Waals surface area contributed by atoms with Crippen LogP contribution in [0.25, 0.3) is 11.0 Å². The molecule has 5 rings (SSSR count). The number of non-ortho nitro benzene ring substituents is 1. The number of rotatable bonds is 4. The molecule has 2 aromatic carbocycles. The summed E-state index contributed by atoms with van der Waals surface area (Å²) in [7, 11) is 0. The average Bonchev–Trinajstić information content (AvgIpc) is 3.36. The molecule has 1 amide bonds. The Hall–Kier alpha value is -3.72. The largest absolute Gasteiger partial charge is 0.467 e. The van der Waals surface area contributed by atoms with Crippen molar-refractivity contribution in [2.24, 2.45) is 0 Å². The van der Waals surface area contributed by atoms with Crippen LogP contribution >= 0.6 is 15.9 Å². The predicted molar refractivity (Wildman–Crippen MR) is 114 cm³/mol. The fraction of sp³-hybridized carbons (Fsp3) is 0.0909. The normalized spacial score (nSPS) is 15.5. The molecule has 0 radical (unpaired) electrons. The summed E-state index contributed by atoms with van der Waals surface area (Å²) in [5.41, 5.74) is 0.668. The molecule has 0 saturated heterocycles. The summed E-state index contributed by atoms with van der Waals surface area (Å²) in [5, 5.41) is 11.4. The Balaban J connectivity index is 1.73. The first-order valence-electron chi connectivity index (χ1n) is 9.28. The molecule has 0 spiro atoms. The number of hydrogen-bond donors (Lipinski definition) is 0. The zero-order chi connectivity index (χ0) is 21.7. The van der Waals surface area contributed by atoms with Gasteiger partial charge in [0.15, 0.2) is 5.43 Å². The lowest BCUT2D eigenvalue weighted by atomic mass is 9.98. The molecule has 3 heterocycles. The molecule has 8 nitrogen and oxygen atoms in total. The fourth-order valence-electron chi connectivity index (χ4n) is 3.85. The topological polar surface area (TPSA) is 107 Å². The van der Waals surface area contributed by atoms with Crippen molar-refractivity contribution < 1.29 is 18.6 Å². The van der Waals surface area contributed by atoms with Gasteiger partial charge in [-0.1, -0.05) is 15.9 Å². The van der Waals surface area contributed by atoms with Gasteiger partial charge in [0, 0.05) is 16.6 Å². The van der Waals surface area contributed by atoms with Gasteiger partial charge in [-0.05, 0) is 48.0 Å². The number of carbonyl (C=O) groups is 1. The van der Waals surface area contributed by atoms with E-state index in [0.29, 0.717) is 26.8 Å². The lowest BCUT2D eigenvalue weighted by Crippen LogP contribution is -2.29. The molecule has 0 bridgehead atoms. The zero-order valence-corrected chi connectivity index (χ0v) is 17.4. The summed E-state index contributed by atoms with van der Waals surface area (Å²) in [6.45, 7) is 0.108. The van der Waals surface area contributed by atoms with Crippen LogP contribution in [0, 0.1) is 10.1 Å². The molecule has 1 aliphatic rings. The fourth-order valence-corrected chi connectivity index (χ4v) is 4.21. The molecule has 1 atom stereocenters. The first-order valence-corrected chi connectivity index (χ1v) is 10.1. The maximum Gasteiger partial charge on any atom is 0.291 e. The Labute approximate surface area is 183 Å². The van der Waals surface area contributed by atoms with Gasteiger partial charge < -0.3 is 13.7 Å². The third-order valence-electron chi connectivity index (χ3n) is 5.25. The van der Waals surface area contributed by atoms with E-state index in [2.05, 4.69) is 15.9 Å². The number of halogens is 1. The number of carbonyl (C=O) groups excluding carboxylic acids is 1. The highest BCUT2D eigenvalue weighted by atomic mass is 79.9. The summed E-state index contributed by atoms with van der Waals surface area (Å²) >= 11 is 3.36. The quantitative estimate of drug-likeness (QED) is 0.306. The minimum atomic E-state index is -0.770. The standard InChI is InChI=1S/C22H13BrN2O6/c23-13-5-8-17-16(10-13)20(26)18-19(12-3-6-14(7-4-12)25(28)29)24(22(27)21(18)31-17)11-15-2-1-9-30-15/h1-10,19H,11H2. The van der Waals surface area contributed by atoms with Crippen LogP contribution in [-0.4, -0.2) is 15.7 Å². The number of fused-ring (bicyclic) bond motifs is 2. The smallest absolute Gasteiger partial charge is 0.291 e. The molecular weight excluding hydrogens is 468 g/mol. The second-order valence-electron chi connectivity index (χ2n) is 7.08. The molecule has 9 heteroatoms. The number of benzene rings is 2. The molecule has 1 unspecified atom stereocenters. The number of nitro benzene ring substituents is 1. The van der Waals surface area contributed by atoms with Gasteiger partial charge in [0.25, 0.3) is 11.6 Å². The van der Waals surface area contributed by atoms with Crippen molar-refractivity contribution in [3.05, 3.63) is 108 Å². The zero-order valence-electron chi connectivity index (χ0n) is 15.8. The number of nitrogens with zero attached hydrogens (tertiary/aromatic N) is 2. The number of furan rings is 1. The van der Waals surface area contributed by atoms with Crippen molar-refractivity contribution in [3.8, 4) is 0 Å². The van der Waals surface area contributed by atoms with E-state index in [9.17, 15) is 19.7 Å². The monoisotopic (exact) mass is 480 g/mol. The third kappa shape index (κ3) is 3.14. The first kappa shape index (κ1) is 19.3. The summed E-state index contributed by atoms with van der Waals surface area (Å²) < 4.78 is 12.0. The van der Waals surface area contributed by atoms with E-state index in [-0.39, 0.29) is 29.0 Å². The van der Waals surface area contributed by atoms with Crippen molar-refractivity contribution in [1.82, 2.24) is 4.90 Å². The average molecular weight is 481 g/mol. The van der Waals surface area contributed by atoms with Crippen molar-refractivity contribution in [2.75, 3.05) is 0 Å². The van der Waals surface area contributed by atoms with Crippen molar-refractivity contribution in [1.29, 1.82) is 0 Å². The maximum atomic E-state index is 13.4. The molecule has 1 aliphatic heterocycles. The number of nitro groups is 1. The minimum absolute atomic E-state index is 0.0327. The highest BCUT2D eigenvalue weighted by Crippen LogP contribution is 2.39. The van der Waals surface area contributed by atoms with E-state index in [1.54, 1.807) is 42.5 Å². The second kappa shape index (κ2) is 7.21. The molecule has 0 N–H and O–H groups in total. The Morgan fingerprint density at radius 2 is 1.87 bits per heavy atom. The van der Waals surface area contributed by atoms with Crippen LogP contribution in [0.15, 0.2) is 79.0 Å². The third-order valence-corrected chi connectivity index (χ3v) is 5.75. The Morgan fingerprint density at radius 1 is 1.10 bits per heavy atom. The highest BCUT2D eigenvalue weighted by Gasteiger charge is 2.43. The van der Waals surface area contributed by atoms with E-state index in [1.165, 1.54) is 23.3 Å². The van der Waals surface area contributed by atoms with Crippen LogP contribution < -0.4 is 5.43 Å². The maximum absolute atomic E-state index is 13.4. The summed E-state index contributed by atoms with van der Waals surface area (Å²) in [4.78, 5) is 38.7. The van der Waals surface area contributed by atoms with Crippen molar-refractivity contribution in [2.45, 2.75) is 12.6 Å². The first-order chi connectivity index (χ1) is 14.9. The lowest BCUT2D eigenvalue weighted by Gasteiger charge is -2.24. The number of hydrogen-bond acceptors (Lipinski definition) is 6. The lowest BCUT2D eigenvalue weighted by molar-refractivity contribution is -0.384. The van der Waals surface area contributed by atoms with Gasteiger partial charge >= 0.3 is 0 Å². The molecule has 0 fully saturated rings. The molecule has 4 aromatic rings.